The van der Waals surface area contributed by atoms with Crippen LogP contribution >= 0.6 is 0 Å². The normalized spacial score (nSPS) is 17.0. The quantitative estimate of drug-likeness (QED) is 0.442. The van der Waals surface area contributed by atoms with Crippen molar-refractivity contribution in [2.24, 2.45) is 11.7 Å². The van der Waals surface area contributed by atoms with Crippen LogP contribution in [-0.4, -0.2) is 44.5 Å². The smallest absolute Gasteiger partial charge is 0.242 e. The van der Waals surface area contributed by atoms with Crippen LogP contribution in [0.4, 0.5) is 0 Å². The van der Waals surface area contributed by atoms with Crippen LogP contribution in [-0.2, 0) is 9.59 Å². The average molecular weight is 312 g/mol. The molecule has 1 atom stereocenters. The van der Waals surface area contributed by atoms with Crippen molar-refractivity contribution in [2.45, 2.75) is 57.4 Å². The highest BCUT2D eigenvalue weighted by molar-refractivity contribution is 5.88. The summed E-state index contributed by atoms with van der Waals surface area (Å²) in [5, 5.41) is 8.73. The van der Waals surface area contributed by atoms with Crippen LogP contribution in [0.15, 0.2) is 0 Å². The van der Waals surface area contributed by atoms with Gasteiger partial charge in [0.1, 0.15) is 6.04 Å². The summed E-state index contributed by atoms with van der Waals surface area (Å²) in [5.74, 6) is 0.376. The van der Waals surface area contributed by atoms with Gasteiger partial charge in [-0.3, -0.25) is 9.59 Å². The molecule has 6 nitrogen and oxygen atoms in total. The molecule has 0 aromatic rings. The molecule has 1 saturated carbocycles. The van der Waals surface area contributed by atoms with Crippen molar-refractivity contribution in [3.8, 4) is 0 Å². The minimum Gasteiger partial charge on any atom is -0.354 e. The van der Waals surface area contributed by atoms with Gasteiger partial charge in [0.15, 0.2) is 0 Å². The Labute approximate surface area is 134 Å². The highest BCUT2D eigenvalue weighted by atomic mass is 16.2. The Bertz CT molecular complexity index is 330. The summed E-state index contributed by atoms with van der Waals surface area (Å²) < 4.78 is 0. The molecule has 1 aliphatic carbocycles. The van der Waals surface area contributed by atoms with Gasteiger partial charge in [0.25, 0.3) is 0 Å². The Balaban J connectivity index is 2.31. The fourth-order valence-electron chi connectivity index (χ4n) is 3.00. The van der Waals surface area contributed by atoms with E-state index in [-0.39, 0.29) is 18.4 Å². The van der Waals surface area contributed by atoms with Crippen LogP contribution in [0.2, 0.25) is 0 Å². The summed E-state index contributed by atoms with van der Waals surface area (Å²) >= 11 is 0. The lowest BCUT2D eigenvalue weighted by atomic mass is 9.87. The number of amides is 2. The zero-order chi connectivity index (χ0) is 16.2. The number of carbonyl (C=O) groups excluding carboxylic acids is 2. The van der Waals surface area contributed by atoms with E-state index in [0.29, 0.717) is 13.0 Å². The van der Waals surface area contributed by atoms with Gasteiger partial charge in [0.05, 0.1) is 6.54 Å². The van der Waals surface area contributed by atoms with Crippen LogP contribution in [0, 0.1) is 5.92 Å². The van der Waals surface area contributed by atoms with E-state index in [1.807, 2.05) is 7.05 Å². The molecule has 1 fully saturated rings. The number of hydrogen-bond acceptors (Lipinski definition) is 4. The SMILES string of the molecule is CNCCC[C@H](NC(=O)CN)C(=O)NCCC1CCCCC1. The van der Waals surface area contributed by atoms with Gasteiger partial charge in [-0.25, -0.2) is 0 Å². The van der Waals surface area contributed by atoms with Crippen LogP contribution in [0.1, 0.15) is 51.4 Å². The first-order valence-corrected chi connectivity index (χ1v) is 8.59. The van der Waals surface area contributed by atoms with E-state index in [1.54, 1.807) is 0 Å². The summed E-state index contributed by atoms with van der Waals surface area (Å²) in [6, 6.07) is -0.476. The first-order valence-electron chi connectivity index (χ1n) is 8.59. The maximum atomic E-state index is 12.2. The minimum absolute atomic E-state index is 0.0854. The molecule has 0 bridgehead atoms. The second-order valence-corrected chi connectivity index (χ2v) is 6.15. The van der Waals surface area contributed by atoms with Gasteiger partial charge in [0.2, 0.25) is 11.8 Å². The topological polar surface area (TPSA) is 96.2 Å². The molecule has 1 aliphatic rings. The van der Waals surface area contributed by atoms with Gasteiger partial charge in [-0.2, -0.15) is 0 Å². The van der Waals surface area contributed by atoms with Crippen molar-refractivity contribution >= 4 is 11.8 Å². The highest BCUT2D eigenvalue weighted by Crippen LogP contribution is 2.25. The monoisotopic (exact) mass is 312 g/mol. The molecule has 5 N–H and O–H groups in total. The van der Waals surface area contributed by atoms with Crippen molar-refractivity contribution < 1.29 is 9.59 Å². The molecular weight excluding hydrogens is 280 g/mol. The molecule has 2 amide bonds. The lowest BCUT2D eigenvalue weighted by Gasteiger charge is -2.22. The van der Waals surface area contributed by atoms with Gasteiger partial charge in [-0.05, 0) is 38.8 Å². The third-order valence-electron chi connectivity index (χ3n) is 4.33. The number of rotatable bonds is 10. The first kappa shape index (κ1) is 18.9. The van der Waals surface area contributed by atoms with Crippen LogP contribution < -0.4 is 21.7 Å². The van der Waals surface area contributed by atoms with E-state index < -0.39 is 6.04 Å². The predicted molar refractivity (Wildman–Crippen MR) is 88.3 cm³/mol. The van der Waals surface area contributed by atoms with Crippen LogP contribution in [0.25, 0.3) is 0 Å². The van der Waals surface area contributed by atoms with Gasteiger partial charge >= 0.3 is 0 Å². The number of hydrogen-bond donors (Lipinski definition) is 4. The Morgan fingerprint density at radius 3 is 2.55 bits per heavy atom. The molecule has 6 heteroatoms. The van der Waals surface area contributed by atoms with Crippen LogP contribution in [0.3, 0.4) is 0 Å². The fraction of sp³-hybridized carbons (Fsp3) is 0.875. The van der Waals surface area contributed by atoms with E-state index in [4.69, 9.17) is 5.73 Å². The molecule has 128 valence electrons. The predicted octanol–water partition coefficient (Wildman–Crippen LogP) is 0.516. The van der Waals surface area contributed by atoms with Crippen molar-refractivity contribution in [1.29, 1.82) is 0 Å². The second kappa shape index (κ2) is 11.4. The molecule has 22 heavy (non-hydrogen) atoms. The van der Waals surface area contributed by atoms with E-state index in [2.05, 4.69) is 16.0 Å². The third-order valence-corrected chi connectivity index (χ3v) is 4.33. The maximum absolute atomic E-state index is 12.2. The van der Waals surface area contributed by atoms with E-state index in [1.165, 1.54) is 32.1 Å². The maximum Gasteiger partial charge on any atom is 0.242 e. The van der Waals surface area contributed by atoms with Crippen molar-refractivity contribution in [1.82, 2.24) is 16.0 Å². The lowest BCUT2D eigenvalue weighted by molar-refractivity contribution is -0.128. The Kier molecular flexibility index (Phi) is 9.82. The molecule has 0 aromatic heterocycles. The zero-order valence-electron chi connectivity index (χ0n) is 13.8. The molecule has 0 unspecified atom stereocenters. The summed E-state index contributed by atoms with van der Waals surface area (Å²) in [7, 11) is 1.87. The van der Waals surface area contributed by atoms with Crippen LogP contribution in [0.5, 0.6) is 0 Å². The largest absolute Gasteiger partial charge is 0.354 e. The molecule has 0 heterocycles. The van der Waals surface area contributed by atoms with Crippen molar-refractivity contribution in [2.75, 3.05) is 26.7 Å². The standard InChI is InChI=1S/C16H32N4O2/c1-18-10-5-8-14(20-15(21)12-17)16(22)19-11-9-13-6-3-2-4-7-13/h13-14,18H,2-12,17H2,1H3,(H,19,22)(H,20,21)/t14-/m0/s1. The van der Waals surface area contributed by atoms with Gasteiger partial charge in [-0.1, -0.05) is 32.1 Å². The third kappa shape index (κ3) is 7.75. The Morgan fingerprint density at radius 2 is 1.91 bits per heavy atom. The summed E-state index contributed by atoms with van der Waals surface area (Å²) in [6.45, 7) is 1.44. The summed E-state index contributed by atoms with van der Waals surface area (Å²) in [4.78, 5) is 23.7. The van der Waals surface area contributed by atoms with Crippen molar-refractivity contribution in [3.63, 3.8) is 0 Å². The summed E-state index contributed by atoms with van der Waals surface area (Å²) in [6.07, 6.45) is 9.05. The average Bonchev–Trinajstić information content (AvgIpc) is 2.54. The molecule has 1 rings (SSSR count). The highest BCUT2D eigenvalue weighted by Gasteiger charge is 2.20. The molecule has 0 aromatic carbocycles. The van der Waals surface area contributed by atoms with Crippen molar-refractivity contribution in [3.05, 3.63) is 0 Å². The number of carbonyl (C=O) groups is 2. The van der Waals surface area contributed by atoms with Gasteiger partial charge in [0, 0.05) is 6.54 Å². The Morgan fingerprint density at radius 1 is 1.18 bits per heavy atom. The van der Waals surface area contributed by atoms with E-state index in [9.17, 15) is 9.59 Å². The molecule has 0 saturated heterocycles. The molecular formula is C16H32N4O2. The zero-order valence-corrected chi connectivity index (χ0v) is 13.8. The molecule has 0 radical (unpaired) electrons. The minimum atomic E-state index is -0.476. The number of nitrogens with two attached hydrogens (primary N) is 1. The molecule has 0 aliphatic heterocycles. The van der Waals surface area contributed by atoms with E-state index >= 15 is 0 Å². The lowest BCUT2D eigenvalue weighted by Crippen LogP contribution is -2.49. The molecule has 0 spiro atoms. The van der Waals surface area contributed by atoms with Gasteiger partial charge in [-0.15, -0.1) is 0 Å². The van der Waals surface area contributed by atoms with E-state index in [0.717, 1.165) is 25.3 Å². The Hall–Kier alpha value is -1.14. The van der Waals surface area contributed by atoms with Gasteiger partial charge < -0.3 is 21.7 Å². The number of nitrogens with one attached hydrogen (secondary N) is 3. The summed E-state index contributed by atoms with van der Waals surface area (Å²) in [5.41, 5.74) is 5.32. The first-order chi connectivity index (χ1) is 10.7. The second-order valence-electron chi connectivity index (χ2n) is 6.15. The fourth-order valence-corrected chi connectivity index (χ4v) is 3.00.